The summed E-state index contributed by atoms with van der Waals surface area (Å²) in [5.74, 6) is 0.511. The second kappa shape index (κ2) is 7.16. The van der Waals surface area contributed by atoms with Crippen molar-refractivity contribution in [2.24, 2.45) is 0 Å². The van der Waals surface area contributed by atoms with E-state index >= 15 is 0 Å². The lowest BCUT2D eigenvalue weighted by Gasteiger charge is -2.37. The number of piperidine rings is 1. The maximum absolute atomic E-state index is 12.4. The van der Waals surface area contributed by atoms with Crippen LogP contribution in [-0.4, -0.2) is 56.2 Å². The van der Waals surface area contributed by atoms with Gasteiger partial charge in [-0.3, -0.25) is 9.78 Å². The molecule has 140 valence electrons. The molecule has 4 rings (SSSR count). The zero-order chi connectivity index (χ0) is 19.0. The van der Waals surface area contributed by atoms with Gasteiger partial charge in [0.1, 0.15) is 22.7 Å². The average Bonchev–Trinajstić information content (AvgIpc) is 2.98. The van der Waals surface area contributed by atoms with E-state index < -0.39 is 12.1 Å². The van der Waals surface area contributed by atoms with Gasteiger partial charge in [0.15, 0.2) is 0 Å². The first-order chi connectivity index (χ1) is 13.0. The topological polar surface area (TPSA) is 104 Å². The molecule has 0 saturated carbocycles. The first kappa shape index (κ1) is 17.7. The third-order valence-electron chi connectivity index (χ3n) is 4.93. The molecular weight excluding hydrogens is 364 g/mol. The van der Waals surface area contributed by atoms with Gasteiger partial charge < -0.3 is 15.3 Å². The van der Waals surface area contributed by atoms with E-state index in [0.717, 1.165) is 16.0 Å². The molecular formula is C18H20N6O2S. The minimum absolute atomic E-state index is 0.232. The van der Waals surface area contributed by atoms with Crippen LogP contribution in [-0.2, 0) is 0 Å². The van der Waals surface area contributed by atoms with Crippen LogP contribution in [0, 0.1) is 13.8 Å². The minimum Gasteiger partial charge on any atom is -0.391 e. The molecule has 27 heavy (non-hydrogen) atoms. The van der Waals surface area contributed by atoms with Gasteiger partial charge in [0.05, 0.1) is 23.7 Å². The lowest BCUT2D eigenvalue weighted by Crippen LogP contribution is -2.55. The standard InChI is InChI=1S/C18H20N6O2S/c1-10-11(2)27-18-15(10)16(21-9-22-18)24-6-3-14(25)13(8-24)23-17(26)12-7-19-4-5-20-12/h4-5,7,9,13-14,25H,3,6,8H2,1-2H3,(H,23,26)/t13-,14-/m1/s1. The molecule has 1 saturated heterocycles. The number of aliphatic hydroxyl groups is 1. The highest BCUT2D eigenvalue weighted by Crippen LogP contribution is 2.35. The number of aromatic nitrogens is 4. The first-order valence-corrected chi connectivity index (χ1v) is 9.57. The SMILES string of the molecule is Cc1sc2ncnc(N3CC[C@@H](O)[C@H](NC(=O)c4cnccn4)C3)c2c1C. The molecule has 0 aliphatic carbocycles. The van der Waals surface area contributed by atoms with Crippen molar-refractivity contribution in [1.82, 2.24) is 25.3 Å². The fourth-order valence-corrected chi connectivity index (χ4v) is 4.33. The smallest absolute Gasteiger partial charge is 0.271 e. The Bertz CT molecular complexity index is 977. The molecule has 8 nitrogen and oxygen atoms in total. The molecule has 3 aromatic rings. The maximum Gasteiger partial charge on any atom is 0.271 e. The summed E-state index contributed by atoms with van der Waals surface area (Å²) in [7, 11) is 0. The molecule has 1 fully saturated rings. The molecule has 2 atom stereocenters. The van der Waals surface area contributed by atoms with Crippen molar-refractivity contribution in [2.75, 3.05) is 18.0 Å². The number of carbonyl (C=O) groups is 1. The van der Waals surface area contributed by atoms with Crippen LogP contribution in [0.25, 0.3) is 10.2 Å². The lowest BCUT2D eigenvalue weighted by molar-refractivity contribution is 0.0781. The van der Waals surface area contributed by atoms with Crippen LogP contribution >= 0.6 is 11.3 Å². The van der Waals surface area contributed by atoms with Gasteiger partial charge in [-0.15, -0.1) is 11.3 Å². The fourth-order valence-electron chi connectivity index (χ4n) is 3.34. The lowest BCUT2D eigenvalue weighted by atomic mass is 10.0. The Morgan fingerprint density at radius 2 is 2.15 bits per heavy atom. The Morgan fingerprint density at radius 3 is 2.93 bits per heavy atom. The van der Waals surface area contributed by atoms with Crippen molar-refractivity contribution < 1.29 is 9.90 Å². The number of amides is 1. The zero-order valence-corrected chi connectivity index (χ0v) is 15.9. The van der Waals surface area contributed by atoms with Crippen LogP contribution in [0.2, 0.25) is 0 Å². The van der Waals surface area contributed by atoms with Gasteiger partial charge >= 0.3 is 0 Å². The number of nitrogens with one attached hydrogen (secondary N) is 1. The number of hydrogen-bond acceptors (Lipinski definition) is 8. The molecule has 2 N–H and O–H groups in total. The van der Waals surface area contributed by atoms with Gasteiger partial charge in [0.2, 0.25) is 0 Å². The predicted octanol–water partition coefficient (Wildman–Crippen LogP) is 1.47. The van der Waals surface area contributed by atoms with Gasteiger partial charge in [-0.2, -0.15) is 0 Å². The summed E-state index contributed by atoms with van der Waals surface area (Å²) in [5.41, 5.74) is 1.41. The van der Waals surface area contributed by atoms with Crippen LogP contribution < -0.4 is 10.2 Å². The third-order valence-corrected chi connectivity index (χ3v) is 6.05. The van der Waals surface area contributed by atoms with Crippen LogP contribution in [0.15, 0.2) is 24.9 Å². The van der Waals surface area contributed by atoms with Crippen molar-refractivity contribution >= 4 is 33.3 Å². The zero-order valence-electron chi connectivity index (χ0n) is 15.1. The Balaban J connectivity index is 1.59. The van der Waals surface area contributed by atoms with Gasteiger partial charge in [-0.1, -0.05) is 0 Å². The number of rotatable bonds is 3. The minimum atomic E-state index is -0.621. The van der Waals surface area contributed by atoms with E-state index in [1.807, 2.05) is 0 Å². The van der Waals surface area contributed by atoms with E-state index in [0.29, 0.717) is 19.5 Å². The third kappa shape index (κ3) is 3.35. The molecule has 1 aliphatic rings. The number of nitrogens with zero attached hydrogens (tertiary/aromatic N) is 5. The average molecular weight is 384 g/mol. The number of thiophene rings is 1. The summed E-state index contributed by atoms with van der Waals surface area (Å²) in [5, 5.41) is 14.3. The van der Waals surface area contributed by atoms with Crippen LogP contribution in [0.5, 0.6) is 0 Å². The number of fused-ring (bicyclic) bond motifs is 1. The number of aryl methyl sites for hydroxylation is 2. The van der Waals surface area contributed by atoms with E-state index in [4.69, 9.17) is 0 Å². The number of aliphatic hydroxyl groups excluding tert-OH is 1. The normalized spacial score (nSPS) is 20.0. The summed E-state index contributed by atoms with van der Waals surface area (Å²) >= 11 is 1.65. The van der Waals surface area contributed by atoms with Crippen molar-refractivity contribution in [3.05, 3.63) is 41.1 Å². The summed E-state index contributed by atoms with van der Waals surface area (Å²) in [6.07, 6.45) is 5.89. The Morgan fingerprint density at radius 1 is 1.30 bits per heavy atom. The predicted molar refractivity (Wildman–Crippen MR) is 103 cm³/mol. The van der Waals surface area contributed by atoms with E-state index in [1.165, 1.54) is 29.0 Å². The molecule has 0 bridgehead atoms. The van der Waals surface area contributed by atoms with Crippen molar-refractivity contribution in [1.29, 1.82) is 0 Å². The highest BCUT2D eigenvalue weighted by molar-refractivity contribution is 7.18. The largest absolute Gasteiger partial charge is 0.391 e. The van der Waals surface area contributed by atoms with Crippen molar-refractivity contribution in [3.63, 3.8) is 0 Å². The Labute approximate surface area is 160 Å². The molecule has 9 heteroatoms. The monoisotopic (exact) mass is 384 g/mol. The summed E-state index contributed by atoms with van der Waals surface area (Å²) in [4.78, 5) is 33.5. The van der Waals surface area contributed by atoms with Gasteiger partial charge in [0.25, 0.3) is 5.91 Å². The van der Waals surface area contributed by atoms with Crippen molar-refractivity contribution in [2.45, 2.75) is 32.4 Å². The number of carbonyl (C=O) groups excluding carboxylic acids is 1. The molecule has 0 aromatic carbocycles. The Kier molecular flexibility index (Phi) is 4.71. The highest BCUT2D eigenvalue weighted by atomic mass is 32.1. The Hall–Kier alpha value is -2.65. The van der Waals surface area contributed by atoms with Gasteiger partial charge in [0, 0.05) is 30.4 Å². The van der Waals surface area contributed by atoms with Crippen LogP contribution in [0.1, 0.15) is 27.3 Å². The number of anilines is 1. The molecule has 0 radical (unpaired) electrons. The molecule has 1 aliphatic heterocycles. The van der Waals surface area contributed by atoms with E-state index in [2.05, 4.69) is 44.0 Å². The number of hydrogen-bond donors (Lipinski definition) is 2. The van der Waals surface area contributed by atoms with E-state index in [1.54, 1.807) is 17.7 Å². The quantitative estimate of drug-likeness (QED) is 0.704. The summed E-state index contributed by atoms with van der Waals surface area (Å²) in [6.45, 7) is 5.29. The van der Waals surface area contributed by atoms with Crippen LogP contribution in [0.3, 0.4) is 0 Å². The maximum atomic E-state index is 12.4. The summed E-state index contributed by atoms with van der Waals surface area (Å²) < 4.78 is 0. The molecule has 4 heterocycles. The fraction of sp³-hybridized carbons (Fsp3) is 0.389. The van der Waals surface area contributed by atoms with Gasteiger partial charge in [-0.25, -0.2) is 15.0 Å². The molecule has 0 unspecified atom stereocenters. The van der Waals surface area contributed by atoms with E-state index in [-0.39, 0.29) is 11.6 Å². The van der Waals surface area contributed by atoms with Crippen LogP contribution in [0.4, 0.5) is 5.82 Å². The highest BCUT2D eigenvalue weighted by Gasteiger charge is 2.31. The van der Waals surface area contributed by atoms with E-state index in [9.17, 15) is 9.90 Å². The second-order valence-corrected chi connectivity index (χ2v) is 7.84. The molecule has 3 aromatic heterocycles. The van der Waals surface area contributed by atoms with Gasteiger partial charge in [-0.05, 0) is 25.8 Å². The molecule has 1 amide bonds. The molecule has 0 spiro atoms. The second-order valence-electron chi connectivity index (χ2n) is 6.63. The first-order valence-electron chi connectivity index (χ1n) is 8.75. The summed E-state index contributed by atoms with van der Waals surface area (Å²) in [6, 6.07) is -0.418. The van der Waals surface area contributed by atoms with Crippen molar-refractivity contribution in [3.8, 4) is 0 Å².